The standard InChI is InChI=1S/C14H20N4O2/c1-10-11(4-7-20-10)14(19)17-12-8-15-9-16-13(12)18-5-2-3-6-18/h8-11H,2-7H2,1H3,(H,17,19)/t10-,11-/m1/s1. The van der Waals surface area contributed by atoms with Gasteiger partial charge in [-0.05, 0) is 26.2 Å². The highest BCUT2D eigenvalue weighted by Gasteiger charge is 2.31. The first kappa shape index (κ1) is 13.3. The number of amides is 1. The van der Waals surface area contributed by atoms with Crippen LogP contribution < -0.4 is 10.2 Å². The Morgan fingerprint density at radius 2 is 2.25 bits per heavy atom. The Hall–Kier alpha value is -1.69. The van der Waals surface area contributed by atoms with E-state index >= 15 is 0 Å². The van der Waals surface area contributed by atoms with E-state index in [9.17, 15) is 4.79 Å². The fourth-order valence-electron chi connectivity index (χ4n) is 2.89. The molecule has 108 valence electrons. The van der Waals surface area contributed by atoms with Crippen molar-refractivity contribution in [3.63, 3.8) is 0 Å². The van der Waals surface area contributed by atoms with E-state index in [-0.39, 0.29) is 17.9 Å². The maximum atomic E-state index is 12.3. The summed E-state index contributed by atoms with van der Waals surface area (Å²) >= 11 is 0. The lowest BCUT2D eigenvalue weighted by molar-refractivity contribution is -0.121. The quantitative estimate of drug-likeness (QED) is 0.905. The van der Waals surface area contributed by atoms with E-state index in [1.807, 2.05) is 6.92 Å². The minimum absolute atomic E-state index is 0.00486. The van der Waals surface area contributed by atoms with Crippen molar-refractivity contribution in [2.45, 2.75) is 32.3 Å². The lowest BCUT2D eigenvalue weighted by atomic mass is 10.0. The fourth-order valence-corrected chi connectivity index (χ4v) is 2.89. The number of aromatic nitrogens is 2. The van der Waals surface area contributed by atoms with Crippen LogP contribution in [0.4, 0.5) is 11.5 Å². The minimum Gasteiger partial charge on any atom is -0.378 e. The molecule has 2 fully saturated rings. The van der Waals surface area contributed by atoms with Crippen LogP contribution in [0.25, 0.3) is 0 Å². The number of ether oxygens (including phenoxy) is 1. The molecule has 20 heavy (non-hydrogen) atoms. The molecule has 0 unspecified atom stereocenters. The lowest BCUT2D eigenvalue weighted by Gasteiger charge is -2.21. The van der Waals surface area contributed by atoms with Gasteiger partial charge in [0.15, 0.2) is 5.82 Å². The van der Waals surface area contributed by atoms with Crippen molar-refractivity contribution in [1.29, 1.82) is 0 Å². The van der Waals surface area contributed by atoms with Crippen LogP contribution in [-0.2, 0) is 9.53 Å². The van der Waals surface area contributed by atoms with Crippen molar-refractivity contribution in [2.24, 2.45) is 5.92 Å². The third-order valence-electron chi connectivity index (χ3n) is 4.07. The Labute approximate surface area is 118 Å². The maximum Gasteiger partial charge on any atom is 0.230 e. The van der Waals surface area contributed by atoms with Crippen molar-refractivity contribution in [2.75, 3.05) is 29.9 Å². The Morgan fingerprint density at radius 1 is 1.45 bits per heavy atom. The topological polar surface area (TPSA) is 67.3 Å². The van der Waals surface area contributed by atoms with Gasteiger partial charge in [0, 0.05) is 19.7 Å². The van der Waals surface area contributed by atoms with Crippen LogP contribution in [0.2, 0.25) is 0 Å². The van der Waals surface area contributed by atoms with Gasteiger partial charge in [-0.25, -0.2) is 9.97 Å². The van der Waals surface area contributed by atoms with Crippen molar-refractivity contribution in [3.05, 3.63) is 12.5 Å². The SMILES string of the molecule is C[C@H]1OCC[C@H]1C(=O)Nc1cncnc1N1CCCC1. The predicted octanol–water partition coefficient (Wildman–Crippen LogP) is 1.44. The Balaban J connectivity index is 1.75. The largest absolute Gasteiger partial charge is 0.378 e. The van der Waals surface area contributed by atoms with Crippen molar-refractivity contribution in [3.8, 4) is 0 Å². The van der Waals surface area contributed by atoms with Crippen LogP contribution >= 0.6 is 0 Å². The second kappa shape index (κ2) is 5.75. The normalized spacial score (nSPS) is 25.9. The number of nitrogens with one attached hydrogen (secondary N) is 1. The fraction of sp³-hybridized carbons (Fsp3) is 0.643. The summed E-state index contributed by atoms with van der Waals surface area (Å²) in [5.74, 6) is 0.754. The third-order valence-corrected chi connectivity index (χ3v) is 4.07. The first-order valence-electron chi connectivity index (χ1n) is 7.23. The number of rotatable bonds is 3. The van der Waals surface area contributed by atoms with Gasteiger partial charge in [-0.2, -0.15) is 0 Å². The molecule has 3 heterocycles. The Kier molecular flexibility index (Phi) is 3.82. The van der Waals surface area contributed by atoms with E-state index in [1.54, 1.807) is 6.20 Å². The number of carbonyl (C=O) groups excluding carboxylic acids is 1. The Bertz CT molecular complexity index is 488. The highest BCUT2D eigenvalue weighted by molar-refractivity contribution is 5.95. The smallest absolute Gasteiger partial charge is 0.230 e. The molecular weight excluding hydrogens is 256 g/mol. The molecule has 0 saturated carbocycles. The highest BCUT2D eigenvalue weighted by atomic mass is 16.5. The van der Waals surface area contributed by atoms with E-state index in [2.05, 4.69) is 20.2 Å². The number of nitrogens with zero attached hydrogens (tertiary/aromatic N) is 3. The van der Waals surface area contributed by atoms with Crippen LogP contribution in [0.3, 0.4) is 0 Å². The first-order valence-corrected chi connectivity index (χ1v) is 7.23. The highest BCUT2D eigenvalue weighted by Crippen LogP contribution is 2.27. The molecule has 1 aromatic heterocycles. The number of hydrogen-bond donors (Lipinski definition) is 1. The van der Waals surface area contributed by atoms with Crippen LogP contribution in [0.1, 0.15) is 26.2 Å². The maximum absolute atomic E-state index is 12.3. The summed E-state index contributed by atoms with van der Waals surface area (Å²) in [6.45, 7) is 4.58. The summed E-state index contributed by atoms with van der Waals surface area (Å²) in [4.78, 5) is 22.9. The molecule has 2 aliphatic rings. The zero-order chi connectivity index (χ0) is 13.9. The summed E-state index contributed by atoms with van der Waals surface area (Å²) in [6.07, 6.45) is 6.31. The van der Waals surface area contributed by atoms with Crippen LogP contribution in [0.5, 0.6) is 0 Å². The number of carbonyl (C=O) groups is 1. The molecule has 0 aliphatic carbocycles. The van der Waals surface area contributed by atoms with Gasteiger partial charge in [-0.15, -0.1) is 0 Å². The molecule has 6 heteroatoms. The van der Waals surface area contributed by atoms with E-state index in [4.69, 9.17) is 4.74 Å². The summed E-state index contributed by atoms with van der Waals surface area (Å²) in [6, 6.07) is 0. The van der Waals surface area contributed by atoms with Crippen LogP contribution in [0, 0.1) is 5.92 Å². The van der Waals surface area contributed by atoms with Crippen molar-refractivity contribution >= 4 is 17.4 Å². The van der Waals surface area contributed by atoms with Gasteiger partial charge in [0.05, 0.1) is 18.2 Å². The molecule has 2 saturated heterocycles. The van der Waals surface area contributed by atoms with Gasteiger partial charge in [-0.3, -0.25) is 4.79 Å². The molecule has 0 radical (unpaired) electrons. The van der Waals surface area contributed by atoms with E-state index in [0.29, 0.717) is 12.3 Å². The summed E-state index contributed by atoms with van der Waals surface area (Å²) in [7, 11) is 0. The molecule has 0 aromatic carbocycles. The second-order valence-electron chi connectivity index (χ2n) is 5.41. The molecule has 2 aliphatic heterocycles. The molecule has 1 N–H and O–H groups in total. The summed E-state index contributed by atoms with van der Waals surface area (Å²) in [5, 5.41) is 2.97. The van der Waals surface area contributed by atoms with Crippen LogP contribution in [-0.4, -0.2) is 41.7 Å². The summed E-state index contributed by atoms with van der Waals surface area (Å²) in [5.41, 5.74) is 0.707. The third kappa shape index (κ3) is 2.60. The number of anilines is 2. The average Bonchev–Trinajstić information content (AvgIpc) is 3.10. The molecule has 1 aromatic rings. The average molecular weight is 276 g/mol. The van der Waals surface area contributed by atoms with Crippen molar-refractivity contribution < 1.29 is 9.53 Å². The van der Waals surface area contributed by atoms with Gasteiger partial charge in [0.25, 0.3) is 0 Å². The molecule has 6 nitrogen and oxygen atoms in total. The monoisotopic (exact) mass is 276 g/mol. The van der Waals surface area contributed by atoms with Gasteiger partial charge in [0.1, 0.15) is 12.0 Å². The molecule has 0 bridgehead atoms. The van der Waals surface area contributed by atoms with E-state index < -0.39 is 0 Å². The van der Waals surface area contributed by atoms with Gasteiger partial charge < -0.3 is 15.0 Å². The van der Waals surface area contributed by atoms with Gasteiger partial charge >= 0.3 is 0 Å². The van der Waals surface area contributed by atoms with E-state index in [0.717, 1.165) is 25.3 Å². The van der Waals surface area contributed by atoms with Crippen molar-refractivity contribution in [1.82, 2.24) is 9.97 Å². The zero-order valence-electron chi connectivity index (χ0n) is 11.7. The first-order chi connectivity index (χ1) is 9.75. The summed E-state index contributed by atoms with van der Waals surface area (Å²) < 4.78 is 5.45. The van der Waals surface area contributed by atoms with E-state index in [1.165, 1.54) is 19.2 Å². The molecule has 3 rings (SSSR count). The van der Waals surface area contributed by atoms with Gasteiger partial charge in [0.2, 0.25) is 5.91 Å². The van der Waals surface area contributed by atoms with Crippen LogP contribution in [0.15, 0.2) is 12.5 Å². The lowest BCUT2D eigenvalue weighted by Crippen LogP contribution is -2.29. The molecular formula is C14H20N4O2. The Morgan fingerprint density at radius 3 is 2.95 bits per heavy atom. The molecule has 2 atom stereocenters. The zero-order valence-corrected chi connectivity index (χ0v) is 11.7. The van der Waals surface area contributed by atoms with Gasteiger partial charge in [-0.1, -0.05) is 0 Å². The second-order valence-corrected chi connectivity index (χ2v) is 5.41. The minimum atomic E-state index is -0.0818. The molecule has 1 amide bonds. The number of hydrogen-bond acceptors (Lipinski definition) is 5. The predicted molar refractivity (Wildman–Crippen MR) is 75.6 cm³/mol. The molecule has 0 spiro atoms.